The fraction of sp³-hybridized carbons (Fsp3) is 0.312. The van der Waals surface area contributed by atoms with E-state index in [0.29, 0.717) is 30.7 Å². The number of nitrogens with zero attached hydrogens (tertiary/aromatic N) is 4. The number of anilines is 3. The molecule has 2 N–H and O–H groups in total. The summed E-state index contributed by atoms with van der Waals surface area (Å²) in [6, 6.07) is 7.89. The Morgan fingerprint density at radius 1 is 1.21 bits per heavy atom. The molecule has 0 radical (unpaired) electrons. The van der Waals surface area contributed by atoms with Crippen LogP contribution in [0.3, 0.4) is 0 Å². The van der Waals surface area contributed by atoms with Crippen molar-refractivity contribution in [3.05, 3.63) is 30.5 Å². The number of morpholine rings is 1. The Labute approximate surface area is 138 Å². The summed E-state index contributed by atoms with van der Waals surface area (Å²) in [5, 5.41) is 11.5. The third-order valence-electron chi connectivity index (χ3n) is 3.96. The maximum absolute atomic E-state index is 5.41. The summed E-state index contributed by atoms with van der Waals surface area (Å²) in [6.07, 6.45) is 1.74. The second kappa shape index (κ2) is 6.32. The largest absolute Gasteiger partial charge is 0.478 e. The predicted molar refractivity (Wildman–Crippen MR) is 91.0 cm³/mol. The zero-order chi connectivity index (χ0) is 16.4. The molecule has 1 aliphatic rings. The molecular weight excluding hydrogens is 308 g/mol. The van der Waals surface area contributed by atoms with Crippen LogP contribution in [0.15, 0.2) is 30.5 Å². The van der Waals surface area contributed by atoms with Crippen LogP contribution in [-0.2, 0) is 4.74 Å². The summed E-state index contributed by atoms with van der Waals surface area (Å²) in [6.45, 7) is 3.00. The van der Waals surface area contributed by atoms with E-state index < -0.39 is 0 Å². The summed E-state index contributed by atoms with van der Waals surface area (Å²) >= 11 is 0. The van der Waals surface area contributed by atoms with Crippen LogP contribution in [-0.4, -0.2) is 53.6 Å². The molecule has 0 aliphatic carbocycles. The fourth-order valence-electron chi connectivity index (χ4n) is 2.71. The lowest BCUT2D eigenvalue weighted by atomic mass is 10.2. The quantitative estimate of drug-likeness (QED) is 0.757. The van der Waals surface area contributed by atoms with Gasteiger partial charge in [0.2, 0.25) is 0 Å². The Morgan fingerprint density at radius 3 is 2.88 bits per heavy atom. The number of benzene rings is 1. The van der Waals surface area contributed by atoms with Crippen LogP contribution >= 0.6 is 0 Å². The van der Waals surface area contributed by atoms with Crippen LogP contribution in [0.25, 0.3) is 10.9 Å². The van der Waals surface area contributed by atoms with Crippen molar-refractivity contribution in [3.8, 4) is 5.88 Å². The molecular formula is C16H18N6O2. The molecule has 3 aromatic rings. The van der Waals surface area contributed by atoms with Gasteiger partial charge in [-0.15, -0.1) is 0 Å². The van der Waals surface area contributed by atoms with Gasteiger partial charge in [0, 0.05) is 18.5 Å². The second-order valence-electron chi connectivity index (χ2n) is 5.43. The van der Waals surface area contributed by atoms with Crippen molar-refractivity contribution in [2.75, 3.05) is 43.6 Å². The molecule has 1 fully saturated rings. The summed E-state index contributed by atoms with van der Waals surface area (Å²) in [7, 11) is 1.58. The van der Waals surface area contributed by atoms with Gasteiger partial charge in [-0.2, -0.15) is 10.1 Å². The van der Waals surface area contributed by atoms with E-state index in [1.54, 1.807) is 13.3 Å². The second-order valence-corrected chi connectivity index (χ2v) is 5.43. The Balaban J connectivity index is 1.63. The number of nitrogens with one attached hydrogen (secondary N) is 2. The molecule has 1 aliphatic heterocycles. The number of aromatic amines is 1. The number of hydrogen-bond donors (Lipinski definition) is 2. The Hall–Kier alpha value is -2.87. The number of H-pyrrole nitrogens is 1. The van der Waals surface area contributed by atoms with Crippen molar-refractivity contribution < 1.29 is 9.47 Å². The highest BCUT2D eigenvalue weighted by Gasteiger charge is 2.17. The molecule has 8 nitrogen and oxygen atoms in total. The van der Waals surface area contributed by atoms with Gasteiger partial charge in [-0.25, -0.2) is 4.98 Å². The monoisotopic (exact) mass is 326 g/mol. The molecule has 0 unspecified atom stereocenters. The van der Waals surface area contributed by atoms with Crippen LogP contribution < -0.4 is 15.0 Å². The summed E-state index contributed by atoms with van der Waals surface area (Å²) in [5.41, 5.74) is 0.955. The third kappa shape index (κ3) is 2.71. The number of hydrogen-bond acceptors (Lipinski definition) is 7. The minimum absolute atomic E-state index is 0.436. The predicted octanol–water partition coefficient (Wildman–Crippen LogP) is 1.94. The van der Waals surface area contributed by atoms with Gasteiger partial charge in [0.05, 0.1) is 32.0 Å². The molecule has 24 heavy (non-hydrogen) atoms. The molecule has 1 saturated heterocycles. The Kier molecular flexibility index (Phi) is 3.87. The van der Waals surface area contributed by atoms with Gasteiger partial charge in [0.1, 0.15) is 0 Å². The molecule has 1 aromatic carbocycles. The van der Waals surface area contributed by atoms with Gasteiger partial charge in [0.25, 0.3) is 5.88 Å². The first-order valence-corrected chi connectivity index (χ1v) is 7.79. The summed E-state index contributed by atoms with van der Waals surface area (Å²) in [5.74, 6) is 2.45. The minimum atomic E-state index is 0.436. The van der Waals surface area contributed by atoms with Crippen LogP contribution in [0.1, 0.15) is 0 Å². The number of methoxy groups -OCH3 is 1. The Morgan fingerprint density at radius 2 is 2.04 bits per heavy atom. The minimum Gasteiger partial charge on any atom is -0.478 e. The molecule has 0 spiro atoms. The fourth-order valence-corrected chi connectivity index (χ4v) is 2.71. The molecule has 2 aromatic heterocycles. The first-order valence-electron chi connectivity index (χ1n) is 7.79. The number of fused-ring (bicyclic) bond motifs is 1. The smallest absolute Gasteiger partial charge is 0.259 e. The van der Waals surface area contributed by atoms with Crippen molar-refractivity contribution in [1.82, 2.24) is 20.2 Å². The molecule has 124 valence electrons. The van der Waals surface area contributed by atoms with E-state index in [1.165, 1.54) is 0 Å². The molecule has 4 rings (SSSR count). The van der Waals surface area contributed by atoms with Gasteiger partial charge >= 0.3 is 0 Å². The number of aromatic nitrogens is 4. The van der Waals surface area contributed by atoms with Crippen LogP contribution in [0.4, 0.5) is 17.5 Å². The van der Waals surface area contributed by atoms with Crippen LogP contribution in [0, 0.1) is 0 Å². The lowest BCUT2D eigenvalue weighted by Crippen LogP contribution is -2.36. The number of para-hydroxylation sites is 1. The van der Waals surface area contributed by atoms with Crippen molar-refractivity contribution >= 4 is 28.4 Å². The van der Waals surface area contributed by atoms with E-state index in [1.807, 2.05) is 24.3 Å². The van der Waals surface area contributed by atoms with E-state index in [9.17, 15) is 0 Å². The lowest BCUT2D eigenvalue weighted by molar-refractivity contribution is 0.122. The normalized spacial score (nSPS) is 14.8. The van der Waals surface area contributed by atoms with Crippen LogP contribution in [0.2, 0.25) is 0 Å². The molecule has 0 atom stereocenters. The SMILES string of the molecule is COc1nc(N2CCOCC2)cnc1Nc1n[nH]c2ccccc12. The maximum atomic E-state index is 5.41. The molecule has 0 amide bonds. The average molecular weight is 326 g/mol. The third-order valence-corrected chi connectivity index (χ3v) is 3.96. The summed E-state index contributed by atoms with van der Waals surface area (Å²) < 4.78 is 10.8. The van der Waals surface area contributed by atoms with Gasteiger partial charge in [-0.3, -0.25) is 5.10 Å². The van der Waals surface area contributed by atoms with Crippen molar-refractivity contribution in [3.63, 3.8) is 0 Å². The molecule has 3 heterocycles. The standard InChI is InChI=1S/C16H18N6O2/c1-23-16-15(17-10-13(18-16)22-6-8-24-9-7-22)19-14-11-4-2-3-5-12(11)20-21-14/h2-5,10H,6-9H2,1H3,(H2,17,19,20,21). The van der Waals surface area contributed by atoms with E-state index in [4.69, 9.17) is 9.47 Å². The van der Waals surface area contributed by atoms with E-state index >= 15 is 0 Å². The van der Waals surface area contributed by atoms with Crippen molar-refractivity contribution in [2.24, 2.45) is 0 Å². The molecule has 0 saturated carbocycles. The first-order chi connectivity index (χ1) is 11.8. The highest BCUT2D eigenvalue weighted by molar-refractivity contribution is 5.91. The zero-order valence-corrected chi connectivity index (χ0v) is 13.3. The van der Waals surface area contributed by atoms with Gasteiger partial charge < -0.3 is 19.7 Å². The molecule has 0 bridgehead atoms. The highest BCUT2D eigenvalue weighted by Crippen LogP contribution is 2.28. The van der Waals surface area contributed by atoms with Crippen LogP contribution in [0.5, 0.6) is 5.88 Å². The van der Waals surface area contributed by atoms with Gasteiger partial charge in [0.15, 0.2) is 17.5 Å². The van der Waals surface area contributed by atoms with E-state index in [2.05, 4.69) is 30.4 Å². The summed E-state index contributed by atoms with van der Waals surface area (Å²) in [4.78, 5) is 11.2. The first kappa shape index (κ1) is 14.7. The topological polar surface area (TPSA) is 88.2 Å². The average Bonchev–Trinajstić information content (AvgIpc) is 3.06. The molecule has 8 heteroatoms. The van der Waals surface area contributed by atoms with E-state index in [0.717, 1.165) is 29.8 Å². The zero-order valence-electron chi connectivity index (χ0n) is 13.3. The lowest BCUT2D eigenvalue weighted by Gasteiger charge is -2.27. The Bertz CT molecular complexity index is 843. The number of ether oxygens (including phenoxy) is 2. The van der Waals surface area contributed by atoms with E-state index in [-0.39, 0.29) is 0 Å². The maximum Gasteiger partial charge on any atom is 0.259 e. The van der Waals surface area contributed by atoms with Gasteiger partial charge in [-0.1, -0.05) is 12.1 Å². The van der Waals surface area contributed by atoms with Gasteiger partial charge in [-0.05, 0) is 12.1 Å². The van der Waals surface area contributed by atoms with Crippen molar-refractivity contribution in [2.45, 2.75) is 0 Å². The highest BCUT2D eigenvalue weighted by atomic mass is 16.5. The van der Waals surface area contributed by atoms with Crippen molar-refractivity contribution in [1.29, 1.82) is 0 Å². The number of rotatable bonds is 4.